The molecule has 0 spiro atoms. The number of amides is 1. The fourth-order valence-electron chi connectivity index (χ4n) is 2.71. The van der Waals surface area contributed by atoms with Crippen LogP contribution in [-0.2, 0) is 17.8 Å². The first-order valence-electron chi connectivity index (χ1n) is 7.04. The lowest BCUT2D eigenvalue weighted by Gasteiger charge is -2.30. The van der Waals surface area contributed by atoms with Crippen molar-refractivity contribution in [2.24, 2.45) is 0 Å². The van der Waals surface area contributed by atoms with E-state index >= 15 is 0 Å². The van der Waals surface area contributed by atoms with Crippen molar-refractivity contribution in [1.82, 2.24) is 0 Å². The molecule has 0 aromatic heterocycles. The predicted octanol–water partition coefficient (Wildman–Crippen LogP) is 3.60. The summed E-state index contributed by atoms with van der Waals surface area (Å²) >= 11 is 4.38. The Hall–Kier alpha value is -2.01. The van der Waals surface area contributed by atoms with E-state index in [4.69, 9.17) is 4.74 Å². The van der Waals surface area contributed by atoms with Crippen LogP contribution in [0.4, 0.5) is 10.1 Å². The molecule has 0 fully saturated rings. The standard InChI is InChI=1S/C17H16FNO2S/c1-21-12-4-2-11(3-5-12)10-19-16(20)9-6-13-15(22)8-7-14(18)17(13)19/h2-5,7-8,22H,6,9-10H2,1H3. The first kappa shape index (κ1) is 14.9. The maximum absolute atomic E-state index is 14.2. The van der Waals surface area contributed by atoms with Gasteiger partial charge in [-0.25, -0.2) is 4.39 Å². The lowest BCUT2D eigenvalue weighted by atomic mass is 9.99. The van der Waals surface area contributed by atoms with Gasteiger partial charge in [-0.1, -0.05) is 12.1 Å². The minimum atomic E-state index is -0.380. The first-order valence-corrected chi connectivity index (χ1v) is 7.48. The number of ether oxygens (including phenoxy) is 1. The summed E-state index contributed by atoms with van der Waals surface area (Å²) in [6.07, 6.45) is 0.907. The molecule has 5 heteroatoms. The lowest BCUT2D eigenvalue weighted by molar-refractivity contribution is -0.119. The molecule has 1 amide bonds. The number of fused-ring (bicyclic) bond motifs is 1. The van der Waals surface area contributed by atoms with Crippen LogP contribution in [0.1, 0.15) is 17.5 Å². The number of methoxy groups -OCH3 is 1. The molecule has 0 radical (unpaired) electrons. The van der Waals surface area contributed by atoms with E-state index in [-0.39, 0.29) is 11.7 Å². The average Bonchev–Trinajstić information content (AvgIpc) is 2.54. The normalized spacial score (nSPS) is 14.0. The number of halogens is 1. The number of carbonyl (C=O) groups is 1. The van der Waals surface area contributed by atoms with Crippen molar-refractivity contribution in [2.45, 2.75) is 24.3 Å². The molecule has 114 valence electrons. The number of nitrogens with zero attached hydrogens (tertiary/aromatic N) is 1. The summed E-state index contributed by atoms with van der Waals surface area (Å²) in [6.45, 7) is 0.337. The number of benzene rings is 2. The SMILES string of the molecule is COc1ccc(CN2C(=O)CCc3c(S)ccc(F)c32)cc1. The van der Waals surface area contributed by atoms with Crippen molar-refractivity contribution in [3.05, 3.63) is 53.3 Å². The summed E-state index contributed by atoms with van der Waals surface area (Å²) in [5, 5.41) is 0. The van der Waals surface area contributed by atoms with Crippen LogP contribution in [0, 0.1) is 5.82 Å². The van der Waals surface area contributed by atoms with Gasteiger partial charge in [0.25, 0.3) is 0 Å². The molecular formula is C17H16FNO2S. The van der Waals surface area contributed by atoms with Gasteiger partial charge in [-0.15, -0.1) is 12.6 Å². The minimum absolute atomic E-state index is 0.0684. The Morgan fingerprint density at radius 3 is 2.59 bits per heavy atom. The summed E-state index contributed by atoms with van der Waals surface area (Å²) in [5.41, 5.74) is 2.09. The number of hydrogen-bond acceptors (Lipinski definition) is 3. The quantitative estimate of drug-likeness (QED) is 0.877. The zero-order valence-corrected chi connectivity index (χ0v) is 13.1. The van der Waals surface area contributed by atoms with Crippen molar-refractivity contribution < 1.29 is 13.9 Å². The maximum Gasteiger partial charge on any atom is 0.227 e. The second kappa shape index (κ2) is 6.01. The first-order chi connectivity index (χ1) is 10.6. The predicted molar refractivity (Wildman–Crippen MR) is 86.2 cm³/mol. The largest absolute Gasteiger partial charge is 0.497 e. The lowest BCUT2D eigenvalue weighted by Crippen LogP contribution is -2.35. The summed E-state index contributed by atoms with van der Waals surface area (Å²) in [6, 6.07) is 10.4. The molecule has 2 aromatic rings. The van der Waals surface area contributed by atoms with E-state index in [1.807, 2.05) is 24.3 Å². The Labute approximate surface area is 134 Å². The van der Waals surface area contributed by atoms with Crippen LogP contribution in [0.25, 0.3) is 0 Å². The molecule has 0 N–H and O–H groups in total. The van der Waals surface area contributed by atoms with E-state index < -0.39 is 0 Å². The molecule has 3 rings (SSSR count). The number of anilines is 1. The zero-order valence-electron chi connectivity index (χ0n) is 12.2. The highest BCUT2D eigenvalue weighted by Gasteiger charge is 2.28. The van der Waals surface area contributed by atoms with E-state index in [1.54, 1.807) is 13.2 Å². The van der Waals surface area contributed by atoms with Crippen LogP contribution >= 0.6 is 12.6 Å². The summed E-state index contributed by atoms with van der Waals surface area (Å²) < 4.78 is 19.4. The van der Waals surface area contributed by atoms with Crippen LogP contribution < -0.4 is 9.64 Å². The number of carbonyl (C=O) groups excluding carboxylic acids is 1. The van der Waals surface area contributed by atoms with E-state index in [0.29, 0.717) is 25.1 Å². The molecule has 0 bridgehead atoms. The zero-order chi connectivity index (χ0) is 15.7. The molecule has 0 aliphatic carbocycles. The van der Waals surface area contributed by atoms with Gasteiger partial charge in [0.2, 0.25) is 5.91 Å². The Kier molecular flexibility index (Phi) is 4.07. The second-order valence-electron chi connectivity index (χ2n) is 5.22. The molecular weight excluding hydrogens is 301 g/mol. The van der Waals surface area contributed by atoms with Gasteiger partial charge >= 0.3 is 0 Å². The van der Waals surface area contributed by atoms with Crippen molar-refractivity contribution in [3.8, 4) is 5.75 Å². The van der Waals surface area contributed by atoms with Crippen molar-refractivity contribution >= 4 is 24.2 Å². The van der Waals surface area contributed by atoms with Gasteiger partial charge in [0.1, 0.15) is 11.6 Å². The summed E-state index contributed by atoms with van der Waals surface area (Å²) in [5.74, 6) is 0.299. The van der Waals surface area contributed by atoms with Gasteiger partial charge in [0, 0.05) is 11.3 Å². The Morgan fingerprint density at radius 1 is 1.18 bits per heavy atom. The third-order valence-corrected chi connectivity index (χ3v) is 4.29. The Bertz CT molecular complexity index is 715. The molecule has 2 aromatic carbocycles. The van der Waals surface area contributed by atoms with E-state index in [2.05, 4.69) is 12.6 Å². The molecule has 0 saturated heterocycles. The third-order valence-electron chi connectivity index (χ3n) is 3.87. The monoisotopic (exact) mass is 317 g/mol. The highest BCUT2D eigenvalue weighted by atomic mass is 32.1. The van der Waals surface area contributed by atoms with E-state index in [1.165, 1.54) is 11.0 Å². The summed E-state index contributed by atoms with van der Waals surface area (Å²) in [7, 11) is 1.60. The summed E-state index contributed by atoms with van der Waals surface area (Å²) in [4.78, 5) is 14.5. The fraction of sp³-hybridized carbons (Fsp3) is 0.235. The minimum Gasteiger partial charge on any atom is -0.497 e. The molecule has 0 unspecified atom stereocenters. The highest BCUT2D eigenvalue weighted by Crippen LogP contribution is 2.35. The number of hydrogen-bond donors (Lipinski definition) is 1. The van der Waals surface area contributed by atoms with Gasteiger partial charge in [0.05, 0.1) is 19.3 Å². The number of rotatable bonds is 3. The van der Waals surface area contributed by atoms with Crippen molar-refractivity contribution in [3.63, 3.8) is 0 Å². The van der Waals surface area contributed by atoms with Crippen molar-refractivity contribution in [2.75, 3.05) is 12.0 Å². The van der Waals surface area contributed by atoms with Gasteiger partial charge in [-0.3, -0.25) is 4.79 Å². The van der Waals surface area contributed by atoms with Gasteiger partial charge in [-0.2, -0.15) is 0 Å². The fourth-order valence-corrected chi connectivity index (χ4v) is 3.00. The van der Waals surface area contributed by atoms with E-state index in [0.717, 1.165) is 21.8 Å². The molecule has 1 aliphatic heterocycles. The smallest absolute Gasteiger partial charge is 0.227 e. The number of thiol groups is 1. The van der Waals surface area contributed by atoms with E-state index in [9.17, 15) is 9.18 Å². The van der Waals surface area contributed by atoms with Crippen LogP contribution in [0.15, 0.2) is 41.3 Å². The van der Waals surface area contributed by atoms with Crippen LogP contribution in [0.3, 0.4) is 0 Å². The van der Waals surface area contributed by atoms with Crippen LogP contribution in [-0.4, -0.2) is 13.0 Å². The molecule has 0 saturated carbocycles. The van der Waals surface area contributed by atoms with Gasteiger partial charge in [-0.05, 0) is 41.8 Å². The van der Waals surface area contributed by atoms with Crippen LogP contribution in [0.2, 0.25) is 0 Å². The third kappa shape index (κ3) is 2.68. The van der Waals surface area contributed by atoms with Crippen LogP contribution in [0.5, 0.6) is 5.75 Å². The molecule has 3 nitrogen and oxygen atoms in total. The highest BCUT2D eigenvalue weighted by molar-refractivity contribution is 7.80. The molecule has 1 heterocycles. The Balaban J connectivity index is 1.96. The molecule has 22 heavy (non-hydrogen) atoms. The molecule has 0 atom stereocenters. The van der Waals surface area contributed by atoms with Gasteiger partial charge < -0.3 is 9.64 Å². The topological polar surface area (TPSA) is 29.5 Å². The van der Waals surface area contributed by atoms with Gasteiger partial charge in [0.15, 0.2) is 0 Å². The average molecular weight is 317 g/mol. The second-order valence-corrected chi connectivity index (χ2v) is 5.70. The van der Waals surface area contributed by atoms with Crippen molar-refractivity contribution in [1.29, 1.82) is 0 Å². The maximum atomic E-state index is 14.2. The molecule has 1 aliphatic rings. The Morgan fingerprint density at radius 2 is 1.91 bits per heavy atom.